The molecule has 0 aliphatic heterocycles. The van der Waals surface area contributed by atoms with Gasteiger partial charge in [-0.05, 0) is 122 Å². The molecule has 6 bridgehead atoms. The van der Waals surface area contributed by atoms with Gasteiger partial charge in [-0.1, -0.05) is 13.8 Å². The van der Waals surface area contributed by atoms with E-state index in [0.717, 1.165) is 12.8 Å². The molecule has 6 aliphatic rings. The van der Waals surface area contributed by atoms with Crippen molar-refractivity contribution >= 4 is 11.9 Å². The van der Waals surface area contributed by atoms with E-state index in [1.165, 1.54) is 0 Å². The van der Waals surface area contributed by atoms with Crippen molar-refractivity contribution in [3.05, 3.63) is 0 Å². The largest absolute Gasteiger partial charge is 0.481 e. The minimum Gasteiger partial charge on any atom is -0.481 e. The van der Waals surface area contributed by atoms with Crippen LogP contribution in [0.1, 0.15) is 58.8 Å². The zero-order chi connectivity index (χ0) is 31.4. The molecule has 0 aromatic heterocycles. The summed E-state index contributed by atoms with van der Waals surface area (Å²) < 4.78 is 87.6. The minimum atomic E-state index is -5.84. The second-order valence-electron chi connectivity index (χ2n) is 15.0. The molecule has 244 valence electrons. The fourth-order valence-electron chi connectivity index (χ4n) is 12.2. The van der Waals surface area contributed by atoms with Crippen LogP contribution in [0.2, 0.25) is 0 Å². The summed E-state index contributed by atoms with van der Waals surface area (Å²) in [5, 5.41) is 29.1. The number of aliphatic carboxylic acids is 1. The van der Waals surface area contributed by atoms with E-state index in [9.17, 15) is 51.3 Å². The van der Waals surface area contributed by atoms with E-state index in [2.05, 4.69) is 13.8 Å². The Morgan fingerprint density at radius 2 is 1.30 bits per heavy atom. The number of rotatable bonds is 8. The molecule has 0 spiro atoms. The van der Waals surface area contributed by atoms with E-state index in [1.54, 1.807) is 0 Å². The fourth-order valence-corrected chi connectivity index (χ4v) is 12.2. The van der Waals surface area contributed by atoms with Crippen molar-refractivity contribution in [2.45, 2.75) is 76.7 Å². The number of alkyl halides is 6. The highest BCUT2D eigenvalue weighted by atomic mass is 19.4. The molecule has 0 saturated heterocycles. The molecular weight excluding hydrogens is 582 g/mol. The first-order valence-corrected chi connectivity index (χ1v) is 15.9. The molecule has 6 saturated carbocycles. The Hall–Kier alpha value is -1.56. The van der Waals surface area contributed by atoms with Crippen molar-refractivity contribution in [3.8, 4) is 0 Å². The first-order chi connectivity index (χ1) is 20.0. The fraction of sp³-hybridized carbons (Fsp3) is 0.935. The van der Waals surface area contributed by atoms with Crippen LogP contribution in [0.25, 0.3) is 0 Å². The van der Waals surface area contributed by atoms with Crippen LogP contribution >= 0.6 is 0 Å². The van der Waals surface area contributed by atoms with Crippen molar-refractivity contribution in [3.63, 3.8) is 0 Å². The highest BCUT2D eigenvalue weighted by Crippen LogP contribution is 2.72. The van der Waals surface area contributed by atoms with Gasteiger partial charge >= 0.3 is 24.3 Å². The average Bonchev–Trinajstić information content (AvgIpc) is 3.74. The summed E-state index contributed by atoms with van der Waals surface area (Å²) >= 11 is 0. The molecule has 6 aliphatic carbocycles. The zero-order valence-electron chi connectivity index (χ0n) is 24.4. The summed E-state index contributed by atoms with van der Waals surface area (Å²) in [6.45, 7) is 3.72. The third-order valence-corrected chi connectivity index (χ3v) is 13.6. The van der Waals surface area contributed by atoms with Gasteiger partial charge in [-0.2, -0.15) is 26.3 Å². The Morgan fingerprint density at radius 3 is 1.86 bits per heavy atom. The van der Waals surface area contributed by atoms with Gasteiger partial charge in [-0.15, -0.1) is 0 Å². The summed E-state index contributed by atoms with van der Waals surface area (Å²) in [5.41, 5.74) is -4.76. The van der Waals surface area contributed by atoms with Crippen LogP contribution < -0.4 is 0 Å². The van der Waals surface area contributed by atoms with Crippen LogP contribution in [-0.2, 0) is 14.3 Å². The van der Waals surface area contributed by atoms with Gasteiger partial charge in [0.2, 0.25) is 0 Å². The first-order valence-electron chi connectivity index (χ1n) is 15.9. The van der Waals surface area contributed by atoms with Crippen molar-refractivity contribution < 1.29 is 56.0 Å². The molecular formula is C31H42F6O6. The van der Waals surface area contributed by atoms with Gasteiger partial charge < -0.3 is 20.1 Å². The predicted molar refractivity (Wildman–Crippen MR) is 139 cm³/mol. The number of halogens is 6. The van der Waals surface area contributed by atoms with Crippen LogP contribution in [-0.4, -0.2) is 58.4 Å². The van der Waals surface area contributed by atoms with E-state index >= 15 is 0 Å². The van der Waals surface area contributed by atoms with E-state index in [-0.39, 0.29) is 103 Å². The Balaban J connectivity index is 1.32. The average molecular weight is 625 g/mol. The molecule has 12 heteroatoms. The summed E-state index contributed by atoms with van der Waals surface area (Å²) in [4.78, 5) is 25.1. The van der Waals surface area contributed by atoms with Crippen LogP contribution in [0.3, 0.4) is 0 Å². The lowest BCUT2D eigenvalue weighted by molar-refractivity contribution is -0.373. The Labute approximate surface area is 246 Å². The van der Waals surface area contributed by atoms with E-state index < -0.39 is 42.2 Å². The van der Waals surface area contributed by atoms with E-state index in [4.69, 9.17) is 4.74 Å². The standard InChI is InChI=1S/C31H42F6O6/c1-12-14-5-17(11-29(42,30(32,33)34)31(35,36)37)19(6-14)24(12)25-16-8-20(22(10-16)28(41)43-4-3-38)26(25)23-13(2)18-7-15(23)9-21(18)27(39)40/h12-26,38,42H,3-11H2,1-2H3,(H,39,40). The van der Waals surface area contributed by atoms with Gasteiger partial charge in [0.05, 0.1) is 18.4 Å². The lowest BCUT2D eigenvalue weighted by Crippen LogP contribution is -2.58. The number of carboxylic acid groups (broad SMARTS) is 1. The normalized spacial score (nSPS) is 47.1. The predicted octanol–water partition coefficient (Wildman–Crippen LogP) is 5.56. The molecule has 15 atom stereocenters. The second kappa shape index (κ2) is 10.5. The molecule has 0 radical (unpaired) electrons. The monoisotopic (exact) mass is 624 g/mol. The van der Waals surface area contributed by atoms with Crippen molar-refractivity contribution in [2.24, 2.45) is 88.8 Å². The smallest absolute Gasteiger partial charge is 0.426 e. The van der Waals surface area contributed by atoms with E-state index in [1.807, 2.05) is 0 Å². The van der Waals surface area contributed by atoms with E-state index in [0.29, 0.717) is 19.3 Å². The number of carbonyl (C=O) groups is 2. The molecule has 6 rings (SSSR count). The van der Waals surface area contributed by atoms with Crippen molar-refractivity contribution in [1.29, 1.82) is 0 Å². The molecule has 0 heterocycles. The number of ether oxygens (including phenoxy) is 1. The van der Waals surface area contributed by atoms with Crippen LogP contribution in [0, 0.1) is 88.8 Å². The van der Waals surface area contributed by atoms with Crippen LogP contribution in [0.4, 0.5) is 26.3 Å². The lowest BCUT2D eigenvalue weighted by atomic mass is 9.54. The number of hydrogen-bond donors (Lipinski definition) is 3. The minimum absolute atomic E-state index is 0.00161. The third kappa shape index (κ3) is 4.64. The Kier molecular flexibility index (Phi) is 7.67. The SMILES string of the molecule is CC1C2CC(CC2C(=O)O)C1C1C2CC(CC2C(=O)OCCO)C1C1C(C)C2CC(CC(O)(C(F)(F)F)C(F)(F)F)C1C2. The highest BCUT2D eigenvalue weighted by Gasteiger charge is 2.73. The maximum Gasteiger partial charge on any atom is 0.426 e. The molecule has 0 aromatic rings. The molecule has 15 unspecified atom stereocenters. The number of aliphatic hydroxyl groups excluding tert-OH is 1. The molecule has 6 nitrogen and oxygen atoms in total. The van der Waals surface area contributed by atoms with Crippen LogP contribution in [0.5, 0.6) is 0 Å². The number of esters is 1. The summed E-state index contributed by atoms with van der Waals surface area (Å²) in [5.74, 6) is -2.95. The number of carbonyl (C=O) groups excluding carboxylic acids is 1. The van der Waals surface area contributed by atoms with Crippen molar-refractivity contribution in [1.82, 2.24) is 0 Å². The first kappa shape index (κ1) is 31.4. The van der Waals surface area contributed by atoms with Gasteiger partial charge in [0, 0.05) is 0 Å². The van der Waals surface area contributed by atoms with Gasteiger partial charge in [0.15, 0.2) is 0 Å². The topological polar surface area (TPSA) is 104 Å². The molecule has 6 fully saturated rings. The van der Waals surface area contributed by atoms with Crippen LogP contribution in [0.15, 0.2) is 0 Å². The Morgan fingerprint density at radius 1 is 0.721 bits per heavy atom. The van der Waals surface area contributed by atoms with Gasteiger partial charge in [0.25, 0.3) is 5.60 Å². The molecule has 3 N–H and O–H groups in total. The highest BCUT2D eigenvalue weighted by molar-refractivity contribution is 5.73. The lowest BCUT2D eigenvalue weighted by Gasteiger charge is -2.50. The number of aliphatic hydroxyl groups is 2. The summed E-state index contributed by atoms with van der Waals surface area (Å²) in [6, 6.07) is 0. The summed E-state index contributed by atoms with van der Waals surface area (Å²) in [6.07, 6.45) is -9.70. The quantitative estimate of drug-likeness (QED) is 0.242. The maximum atomic E-state index is 13.7. The second-order valence-corrected chi connectivity index (χ2v) is 15.0. The Bertz CT molecular complexity index is 1090. The van der Waals surface area contributed by atoms with Gasteiger partial charge in [-0.3, -0.25) is 9.59 Å². The maximum absolute atomic E-state index is 13.7. The summed E-state index contributed by atoms with van der Waals surface area (Å²) in [7, 11) is 0. The molecule has 43 heavy (non-hydrogen) atoms. The molecule has 0 amide bonds. The van der Waals surface area contributed by atoms with Gasteiger partial charge in [-0.25, -0.2) is 0 Å². The van der Waals surface area contributed by atoms with Gasteiger partial charge in [0.1, 0.15) is 6.61 Å². The number of carboxylic acids is 1. The van der Waals surface area contributed by atoms with Crippen molar-refractivity contribution in [2.75, 3.05) is 13.2 Å². The number of hydrogen-bond acceptors (Lipinski definition) is 5. The molecule has 0 aromatic carbocycles. The number of fused-ring (bicyclic) bond motifs is 6. The zero-order valence-corrected chi connectivity index (χ0v) is 24.4. The third-order valence-electron chi connectivity index (χ3n) is 13.6.